The molecule has 4 nitrogen and oxygen atoms in total. The van der Waals surface area contributed by atoms with Crippen LogP contribution in [0.4, 0.5) is 5.82 Å². The Morgan fingerprint density at radius 3 is 2.56 bits per heavy atom. The van der Waals surface area contributed by atoms with Gasteiger partial charge in [-0.15, -0.1) is 0 Å². The number of anilines is 1. The van der Waals surface area contributed by atoms with Gasteiger partial charge in [0.1, 0.15) is 5.82 Å². The van der Waals surface area contributed by atoms with Crippen LogP contribution in [0.3, 0.4) is 0 Å². The average molecular weight is 224 g/mol. The third kappa shape index (κ3) is 3.52. The summed E-state index contributed by atoms with van der Waals surface area (Å²) in [4.78, 5) is 0. The first-order chi connectivity index (χ1) is 7.30. The van der Waals surface area contributed by atoms with Crippen LogP contribution in [-0.2, 0) is 7.05 Å². The van der Waals surface area contributed by atoms with Crippen molar-refractivity contribution in [1.29, 1.82) is 0 Å². The van der Waals surface area contributed by atoms with Gasteiger partial charge in [-0.3, -0.25) is 4.68 Å². The maximum atomic E-state index is 6.10. The lowest BCUT2D eigenvalue weighted by Gasteiger charge is -2.27. The lowest BCUT2D eigenvalue weighted by atomic mass is 9.85. The Morgan fingerprint density at radius 1 is 1.50 bits per heavy atom. The van der Waals surface area contributed by atoms with Crippen molar-refractivity contribution in [1.82, 2.24) is 9.78 Å². The molecule has 92 valence electrons. The second-order valence-corrected chi connectivity index (χ2v) is 5.48. The first-order valence-corrected chi connectivity index (χ1v) is 5.81. The second-order valence-electron chi connectivity index (χ2n) is 5.48. The van der Waals surface area contributed by atoms with Crippen molar-refractivity contribution in [3.05, 3.63) is 11.8 Å². The summed E-state index contributed by atoms with van der Waals surface area (Å²) in [5, 5.41) is 7.64. The predicted molar refractivity (Wildman–Crippen MR) is 68.5 cm³/mol. The van der Waals surface area contributed by atoms with Crippen molar-refractivity contribution < 1.29 is 0 Å². The van der Waals surface area contributed by atoms with Gasteiger partial charge in [0.05, 0.1) is 5.69 Å². The molecule has 0 aliphatic heterocycles. The highest BCUT2D eigenvalue weighted by Crippen LogP contribution is 2.19. The van der Waals surface area contributed by atoms with Crippen LogP contribution in [-0.4, -0.2) is 22.4 Å². The molecule has 0 amide bonds. The van der Waals surface area contributed by atoms with Crippen LogP contribution in [0, 0.1) is 12.3 Å². The highest BCUT2D eigenvalue weighted by molar-refractivity contribution is 5.36. The molecule has 0 bridgehead atoms. The monoisotopic (exact) mass is 224 g/mol. The molecule has 1 aromatic heterocycles. The minimum atomic E-state index is 0.171. The van der Waals surface area contributed by atoms with Gasteiger partial charge in [-0.2, -0.15) is 5.10 Å². The van der Waals surface area contributed by atoms with E-state index in [0.29, 0.717) is 0 Å². The van der Waals surface area contributed by atoms with Gasteiger partial charge in [0.2, 0.25) is 0 Å². The second kappa shape index (κ2) is 4.87. The first-order valence-electron chi connectivity index (χ1n) is 5.81. The lowest BCUT2D eigenvalue weighted by molar-refractivity contribution is 0.310. The van der Waals surface area contributed by atoms with Crippen molar-refractivity contribution in [2.45, 2.75) is 40.2 Å². The molecule has 1 unspecified atom stereocenters. The molecule has 1 rings (SSSR count). The Kier molecular flexibility index (Phi) is 3.97. The van der Waals surface area contributed by atoms with Gasteiger partial charge in [-0.1, -0.05) is 20.8 Å². The molecule has 1 heterocycles. The summed E-state index contributed by atoms with van der Waals surface area (Å²) in [7, 11) is 1.94. The molecule has 0 aliphatic rings. The van der Waals surface area contributed by atoms with Gasteiger partial charge in [0, 0.05) is 25.7 Å². The summed E-state index contributed by atoms with van der Waals surface area (Å²) >= 11 is 0. The number of nitrogens with zero attached hydrogens (tertiary/aromatic N) is 2. The Morgan fingerprint density at radius 2 is 2.12 bits per heavy atom. The molecule has 4 heteroatoms. The highest BCUT2D eigenvalue weighted by Gasteiger charge is 2.19. The van der Waals surface area contributed by atoms with Gasteiger partial charge in [-0.25, -0.2) is 0 Å². The van der Waals surface area contributed by atoms with E-state index in [-0.39, 0.29) is 11.5 Å². The maximum absolute atomic E-state index is 6.10. The molecule has 0 aromatic carbocycles. The van der Waals surface area contributed by atoms with Crippen LogP contribution in [0.2, 0.25) is 0 Å². The van der Waals surface area contributed by atoms with Crippen molar-refractivity contribution >= 4 is 5.82 Å². The van der Waals surface area contributed by atoms with E-state index < -0.39 is 0 Å². The van der Waals surface area contributed by atoms with E-state index in [0.717, 1.165) is 24.5 Å². The first kappa shape index (κ1) is 13.0. The summed E-state index contributed by atoms with van der Waals surface area (Å²) in [6.07, 6.45) is 0.966. The number of nitrogens with two attached hydrogens (primary N) is 1. The van der Waals surface area contributed by atoms with Crippen LogP contribution in [0.5, 0.6) is 0 Å². The zero-order valence-corrected chi connectivity index (χ0v) is 11.0. The van der Waals surface area contributed by atoms with E-state index in [1.54, 1.807) is 0 Å². The minimum absolute atomic E-state index is 0.171. The number of rotatable bonds is 4. The van der Waals surface area contributed by atoms with Gasteiger partial charge >= 0.3 is 0 Å². The molecule has 1 atom stereocenters. The standard InChI is InChI=1S/C12H24N4/c1-9-8-11(16(5)15-9)14-7-6-10(13)12(2,3)4/h8,10,14H,6-7,13H2,1-5H3. The predicted octanol–water partition coefficient (Wildman–Crippen LogP) is 1.90. The molecular weight excluding hydrogens is 200 g/mol. The third-order valence-corrected chi connectivity index (χ3v) is 2.88. The SMILES string of the molecule is Cc1cc(NCCC(N)C(C)(C)C)n(C)n1. The summed E-state index contributed by atoms with van der Waals surface area (Å²) in [6, 6.07) is 2.26. The molecular formula is C12H24N4. The summed E-state index contributed by atoms with van der Waals surface area (Å²) in [5.41, 5.74) is 7.30. The molecule has 0 aliphatic carbocycles. The Labute approximate surface area is 98.2 Å². The maximum Gasteiger partial charge on any atom is 0.124 e. The molecule has 0 saturated heterocycles. The molecule has 0 radical (unpaired) electrons. The zero-order valence-electron chi connectivity index (χ0n) is 11.0. The van der Waals surface area contributed by atoms with Gasteiger partial charge < -0.3 is 11.1 Å². The lowest BCUT2D eigenvalue weighted by Crippen LogP contribution is -2.36. The fourth-order valence-electron chi connectivity index (χ4n) is 1.56. The van der Waals surface area contributed by atoms with Crippen molar-refractivity contribution in [2.24, 2.45) is 18.2 Å². The molecule has 0 fully saturated rings. The normalized spacial score (nSPS) is 13.9. The fraction of sp³-hybridized carbons (Fsp3) is 0.750. The Hall–Kier alpha value is -1.03. The summed E-state index contributed by atoms with van der Waals surface area (Å²) in [6.45, 7) is 9.40. The van der Waals surface area contributed by atoms with Crippen LogP contribution >= 0.6 is 0 Å². The van der Waals surface area contributed by atoms with E-state index >= 15 is 0 Å². The van der Waals surface area contributed by atoms with Gasteiger partial charge in [0.15, 0.2) is 0 Å². The number of aromatic nitrogens is 2. The third-order valence-electron chi connectivity index (χ3n) is 2.88. The molecule has 1 aromatic rings. The minimum Gasteiger partial charge on any atom is -0.370 e. The van der Waals surface area contributed by atoms with E-state index in [2.05, 4.69) is 31.2 Å². The molecule has 0 spiro atoms. The van der Waals surface area contributed by atoms with E-state index in [1.807, 2.05) is 24.7 Å². The van der Waals surface area contributed by atoms with Crippen LogP contribution < -0.4 is 11.1 Å². The Bertz CT molecular complexity index is 335. The largest absolute Gasteiger partial charge is 0.370 e. The summed E-state index contributed by atoms with van der Waals surface area (Å²) < 4.78 is 1.86. The van der Waals surface area contributed by atoms with Crippen LogP contribution in [0.15, 0.2) is 6.07 Å². The van der Waals surface area contributed by atoms with Crippen molar-refractivity contribution in [3.63, 3.8) is 0 Å². The van der Waals surface area contributed by atoms with Crippen molar-refractivity contribution in [2.75, 3.05) is 11.9 Å². The number of nitrogens with one attached hydrogen (secondary N) is 1. The smallest absolute Gasteiger partial charge is 0.124 e. The van der Waals surface area contributed by atoms with Crippen LogP contribution in [0.1, 0.15) is 32.9 Å². The van der Waals surface area contributed by atoms with E-state index in [9.17, 15) is 0 Å². The van der Waals surface area contributed by atoms with Crippen molar-refractivity contribution in [3.8, 4) is 0 Å². The molecule has 0 saturated carbocycles. The van der Waals surface area contributed by atoms with Gasteiger partial charge in [-0.05, 0) is 18.8 Å². The molecule has 16 heavy (non-hydrogen) atoms. The fourth-order valence-corrected chi connectivity index (χ4v) is 1.56. The zero-order chi connectivity index (χ0) is 12.3. The average Bonchev–Trinajstić information content (AvgIpc) is 2.43. The van der Waals surface area contributed by atoms with E-state index in [1.165, 1.54) is 0 Å². The van der Waals surface area contributed by atoms with Gasteiger partial charge in [0.25, 0.3) is 0 Å². The molecule has 3 N–H and O–H groups in total. The number of aryl methyl sites for hydroxylation is 2. The number of hydrogen-bond donors (Lipinski definition) is 2. The number of hydrogen-bond acceptors (Lipinski definition) is 3. The topological polar surface area (TPSA) is 55.9 Å². The Balaban J connectivity index is 2.39. The summed E-state index contributed by atoms with van der Waals surface area (Å²) in [5.74, 6) is 1.05. The van der Waals surface area contributed by atoms with E-state index in [4.69, 9.17) is 5.73 Å². The highest BCUT2D eigenvalue weighted by atomic mass is 15.3. The quantitative estimate of drug-likeness (QED) is 0.821. The van der Waals surface area contributed by atoms with Crippen LogP contribution in [0.25, 0.3) is 0 Å².